The quantitative estimate of drug-likeness (QED) is 0.516. The van der Waals surface area contributed by atoms with Crippen molar-refractivity contribution in [1.82, 2.24) is 15.5 Å². The fraction of sp³-hybridized carbons (Fsp3) is 0.818. The lowest BCUT2D eigenvalue weighted by Crippen LogP contribution is -2.36. The maximum Gasteiger partial charge on any atom is 0.314 e. The van der Waals surface area contributed by atoms with E-state index in [1.54, 1.807) is 0 Å². The van der Waals surface area contributed by atoms with Gasteiger partial charge in [0, 0.05) is 19.5 Å². The minimum Gasteiger partial charge on any atom is -0.481 e. The van der Waals surface area contributed by atoms with Crippen molar-refractivity contribution in [3.05, 3.63) is 0 Å². The van der Waals surface area contributed by atoms with E-state index in [0.29, 0.717) is 19.5 Å². The number of amides is 2. The van der Waals surface area contributed by atoms with Crippen LogP contribution in [0.2, 0.25) is 0 Å². The lowest BCUT2D eigenvalue weighted by molar-refractivity contribution is -0.137. The zero-order chi connectivity index (χ0) is 13.1. The molecule has 0 aromatic heterocycles. The van der Waals surface area contributed by atoms with Gasteiger partial charge in [-0.05, 0) is 39.9 Å². The van der Waals surface area contributed by atoms with Crippen LogP contribution < -0.4 is 10.6 Å². The minimum absolute atomic E-state index is 0.0864. The largest absolute Gasteiger partial charge is 0.481 e. The molecule has 3 N–H and O–H groups in total. The molecule has 0 rings (SSSR count). The summed E-state index contributed by atoms with van der Waals surface area (Å²) >= 11 is 0. The van der Waals surface area contributed by atoms with E-state index in [1.807, 2.05) is 14.1 Å². The fourth-order valence-corrected chi connectivity index (χ4v) is 1.26. The molecule has 0 aromatic carbocycles. The van der Waals surface area contributed by atoms with Crippen molar-refractivity contribution in [2.75, 3.05) is 33.7 Å². The number of nitrogens with zero attached hydrogens (tertiary/aromatic N) is 1. The zero-order valence-corrected chi connectivity index (χ0v) is 10.7. The second kappa shape index (κ2) is 9.89. The minimum atomic E-state index is -0.837. The number of carboxylic acids is 1. The van der Waals surface area contributed by atoms with E-state index >= 15 is 0 Å². The van der Waals surface area contributed by atoms with Gasteiger partial charge in [0.1, 0.15) is 0 Å². The maximum absolute atomic E-state index is 11.2. The van der Waals surface area contributed by atoms with Crippen molar-refractivity contribution in [2.24, 2.45) is 0 Å². The molecular weight excluding hydrogens is 222 g/mol. The summed E-state index contributed by atoms with van der Waals surface area (Å²) in [6.45, 7) is 2.07. The number of rotatable bonds is 9. The summed E-state index contributed by atoms with van der Waals surface area (Å²) in [4.78, 5) is 23.5. The molecule has 6 heteroatoms. The Labute approximate surface area is 102 Å². The monoisotopic (exact) mass is 245 g/mol. The number of nitrogens with one attached hydrogen (secondary N) is 2. The van der Waals surface area contributed by atoms with E-state index in [2.05, 4.69) is 15.5 Å². The first kappa shape index (κ1) is 15.7. The molecule has 0 atom stereocenters. The van der Waals surface area contributed by atoms with Crippen LogP contribution in [0.25, 0.3) is 0 Å². The van der Waals surface area contributed by atoms with Gasteiger partial charge in [-0.15, -0.1) is 0 Å². The van der Waals surface area contributed by atoms with E-state index in [1.165, 1.54) is 0 Å². The topological polar surface area (TPSA) is 81.7 Å². The van der Waals surface area contributed by atoms with Crippen LogP contribution in [0.4, 0.5) is 4.79 Å². The second-order valence-electron chi connectivity index (χ2n) is 4.19. The highest BCUT2D eigenvalue weighted by Gasteiger charge is 2.00. The van der Waals surface area contributed by atoms with Gasteiger partial charge in [-0.1, -0.05) is 0 Å². The van der Waals surface area contributed by atoms with Gasteiger partial charge in [0.15, 0.2) is 0 Å². The summed E-state index contributed by atoms with van der Waals surface area (Å²) < 4.78 is 0. The van der Waals surface area contributed by atoms with Gasteiger partial charge < -0.3 is 20.6 Å². The lowest BCUT2D eigenvalue weighted by atomic mass is 10.3. The summed E-state index contributed by atoms with van der Waals surface area (Å²) in [5.41, 5.74) is 0. The van der Waals surface area contributed by atoms with E-state index in [0.717, 1.165) is 19.4 Å². The highest BCUT2D eigenvalue weighted by molar-refractivity contribution is 5.73. The Balaban J connectivity index is 3.26. The Kier molecular flexibility index (Phi) is 9.14. The van der Waals surface area contributed by atoms with Crippen LogP contribution in [0.1, 0.15) is 25.7 Å². The van der Waals surface area contributed by atoms with Crippen LogP contribution in [0.3, 0.4) is 0 Å². The molecule has 0 bridgehead atoms. The van der Waals surface area contributed by atoms with Gasteiger partial charge in [-0.3, -0.25) is 4.79 Å². The zero-order valence-electron chi connectivity index (χ0n) is 10.7. The molecule has 0 aliphatic heterocycles. The SMILES string of the molecule is CN(C)CCCCNC(=O)NCCCC(=O)O. The Morgan fingerprint density at radius 3 is 2.18 bits per heavy atom. The van der Waals surface area contributed by atoms with Gasteiger partial charge in [0.2, 0.25) is 0 Å². The molecule has 17 heavy (non-hydrogen) atoms. The normalized spacial score (nSPS) is 10.3. The van der Waals surface area contributed by atoms with E-state index in [9.17, 15) is 9.59 Å². The standard InChI is InChI=1S/C11H23N3O3/c1-14(2)9-4-3-7-12-11(17)13-8-5-6-10(15)16/h3-9H2,1-2H3,(H,15,16)(H2,12,13,17). The average molecular weight is 245 g/mol. The molecule has 0 aromatic rings. The van der Waals surface area contributed by atoms with Crippen LogP contribution in [-0.2, 0) is 4.79 Å². The molecule has 0 spiro atoms. The predicted molar refractivity (Wildman–Crippen MR) is 66.1 cm³/mol. The molecule has 0 saturated carbocycles. The Morgan fingerprint density at radius 1 is 1.06 bits per heavy atom. The predicted octanol–water partition coefficient (Wildman–Crippen LogP) is 0.492. The number of hydrogen-bond acceptors (Lipinski definition) is 3. The van der Waals surface area contributed by atoms with Crippen molar-refractivity contribution in [2.45, 2.75) is 25.7 Å². The molecule has 0 aliphatic carbocycles. The van der Waals surface area contributed by atoms with Crippen LogP contribution in [0, 0.1) is 0 Å². The molecule has 100 valence electrons. The third-order valence-corrected chi connectivity index (χ3v) is 2.17. The second-order valence-corrected chi connectivity index (χ2v) is 4.19. The van der Waals surface area contributed by atoms with Crippen molar-refractivity contribution in [3.8, 4) is 0 Å². The summed E-state index contributed by atoms with van der Waals surface area (Å²) in [5.74, 6) is -0.837. The average Bonchev–Trinajstić information content (AvgIpc) is 2.23. The Morgan fingerprint density at radius 2 is 1.65 bits per heavy atom. The van der Waals surface area contributed by atoms with Crippen LogP contribution in [0.5, 0.6) is 0 Å². The molecule has 0 fully saturated rings. The number of carboxylic acid groups (broad SMARTS) is 1. The Hall–Kier alpha value is -1.30. The molecule has 6 nitrogen and oxygen atoms in total. The van der Waals surface area contributed by atoms with Crippen molar-refractivity contribution >= 4 is 12.0 Å². The van der Waals surface area contributed by atoms with E-state index in [4.69, 9.17) is 5.11 Å². The van der Waals surface area contributed by atoms with Crippen LogP contribution in [-0.4, -0.2) is 55.7 Å². The number of aliphatic carboxylic acids is 1. The summed E-state index contributed by atoms with van der Waals surface area (Å²) in [7, 11) is 4.03. The maximum atomic E-state index is 11.2. The number of unbranched alkanes of at least 4 members (excludes halogenated alkanes) is 1. The van der Waals surface area contributed by atoms with Crippen molar-refractivity contribution in [1.29, 1.82) is 0 Å². The van der Waals surface area contributed by atoms with Gasteiger partial charge in [-0.25, -0.2) is 4.79 Å². The third kappa shape index (κ3) is 12.6. The third-order valence-electron chi connectivity index (χ3n) is 2.17. The van der Waals surface area contributed by atoms with E-state index in [-0.39, 0.29) is 12.5 Å². The molecule has 0 saturated heterocycles. The first-order valence-electron chi connectivity index (χ1n) is 5.90. The van der Waals surface area contributed by atoms with Crippen LogP contribution in [0.15, 0.2) is 0 Å². The van der Waals surface area contributed by atoms with E-state index < -0.39 is 5.97 Å². The molecule has 0 aliphatic rings. The van der Waals surface area contributed by atoms with Crippen molar-refractivity contribution in [3.63, 3.8) is 0 Å². The molecular formula is C11H23N3O3. The summed E-state index contributed by atoms with van der Waals surface area (Å²) in [5, 5.41) is 13.7. The number of urea groups is 1. The number of hydrogen-bond donors (Lipinski definition) is 3. The first-order valence-corrected chi connectivity index (χ1v) is 5.90. The van der Waals surface area contributed by atoms with Gasteiger partial charge >= 0.3 is 12.0 Å². The number of carbonyl (C=O) groups excluding carboxylic acids is 1. The van der Waals surface area contributed by atoms with Crippen LogP contribution >= 0.6 is 0 Å². The molecule has 0 unspecified atom stereocenters. The summed E-state index contributed by atoms with van der Waals surface area (Å²) in [6, 6.07) is -0.222. The first-order chi connectivity index (χ1) is 8.02. The smallest absolute Gasteiger partial charge is 0.314 e. The Bertz CT molecular complexity index is 232. The van der Waals surface area contributed by atoms with Gasteiger partial charge in [0.25, 0.3) is 0 Å². The van der Waals surface area contributed by atoms with Crippen molar-refractivity contribution < 1.29 is 14.7 Å². The number of carbonyl (C=O) groups is 2. The fourth-order valence-electron chi connectivity index (χ4n) is 1.26. The van der Waals surface area contributed by atoms with Gasteiger partial charge in [0.05, 0.1) is 0 Å². The molecule has 0 heterocycles. The lowest BCUT2D eigenvalue weighted by Gasteiger charge is -2.10. The highest BCUT2D eigenvalue weighted by Crippen LogP contribution is 1.89. The molecule has 2 amide bonds. The van der Waals surface area contributed by atoms with Gasteiger partial charge in [-0.2, -0.15) is 0 Å². The summed E-state index contributed by atoms with van der Waals surface area (Å²) in [6.07, 6.45) is 2.54. The highest BCUT2D eigenvalue weighted by atomic mass is 16.4. The molecule has 0 radical (unpaired) electrons.